The first-order chi connectivity index (χ1) is 12.2. The molecule has 2 rings (SSSR count). The number of carbonyl (C=O) groups excluding carboxylic acids is 1. The number of esters is 1. The lowest BCUT2D eigenvalue weighted by Crippen LogP contribution is -2.37. The first kappa shape index (κ1) is 18.8. The molecule has 2 aromatic carbocycles. The molecule has 0 radical (unpaired) electrons. The molecule has 5 heteroatoms. The molecular weight excluding hydrogens is 318 g/mol. The molecule has 25 heavy (non-hydrogen) atoms. The van der Waals surface area contributed by atoms with Gasteiger partial charge in [0, 0.05) is 12.3 Å². The van der Waals surface area contributed by atoms with E-state index in [1.54, 1.807) is 14.0 Å². The van der Waals surface area contributed by atoms with Crippen molar-refractivity contribution < 1.29 is 19.0 Å². The normalized spacial score (nSPS) is 12.9. The van der Waals surface area contributed by atoms with Crippen LogP contribution < -0.4 is 10.1 Å². The van der Waals surface area contributed by atoms with Gasteiger partial charge < -0.3 is 19.5 Å². The maximum Gasteiger partial charge on any atom is 0.337 e. The van der Waals surface area contributed by atoms with Crippen molar-refractivity contribution in [3.8, 4) is 5.75 Å². The Morgan fingerprint density at radius 3 is 2.24 bits per heavy atom. The topological polar surface area (TPSA) is 56.8 Å². The Morgan fingerprint density at radius 2 is 1.68 bits per heavy atom. The van der Waals surface area contributed by atoms with Gasteiger partial charge in [0.1, 0.15) is 5.75 Å². The van der Waals surface area contributed by atoms with Gasteiger partial charge in [-0.3, -0.25) is 0 Å². The maximum absolute atomic E-state index is 12.4. The third kappa shape index (κ3) is 5.22. The zero-order valence-electron chi connectivity index (χ0n) is 14.9. The zero-order valence-corrected chi connectivity index (χ0v) is 14.9. The number of rotatable bonds is 9. The molecule has 0 bridgehead atoms. The van der Waals surface area contributed by atoms with Crippen LogP contribution in [-0.4, -0.2) is 32.4 Å². The van der Waals surface area contributed by atoms with E-state index < -0.39 is 6.10 Å². The van der Waals surface area contributed by atoms with Gasteiger partial charge in [-0.2, -0.15) is 0 Å². The molecular formula is C20H25NO4. The molecule has 5 nitrogen and oxygen atoms in total. The Balaban J connectivity index is 2.32. The highest BCUT2D eigenvalue weighted by atomic mass is 16.6. The van der Waals surface area contributed by atoms with Crippen LogP contribution in [0.15, 0.2) is 54.6 Å². The molecule has 0 fully saturated rings. The number of hydrogen-bond acceptors (Lipinski definition) is 5. The highest BCUT2D eigenvalue weighted by Crippen LogP contribution is 2.27. The van der Waals surface area contributed by atoms with Gasteiger partial charge in [0.15, 0.2) is 6.10 Å². The van der Waals surface area contributed by atoms with Crippen molar-refractivity contribution in [1.82, 2.24) is 0 Å². The summed E-state index contributed by atoms with van der Waals surface area (Å²) < 4.78 is 16.1. The van der Waals surface area contributed by atoms with Gasteiger partial charge >= 0.3 is 5.97 Å². The second kappa shape index (κ2) is 9.69. The fourth-order valence-corrected chi connectivity index (χ4v) is 2.57. The number of carbonyl (C=O) groups is 1. The lowest BCUT2D eigenvalue weighted by atomic mass is 10.0. The minimum Gasteiger partial charge on any atom is -0.497 e. The van der Waals surface area contributed by atoms with Crippen molar-refractivity contribution in [1.29, 1.82) is 0 Å². The molecule has 0 amide bonds. The SMILES string of the molecule is CCOC(=O)C(OCC)C(Nc1ccc(OC)cc1)c1ccccc1. The Bertz CT molecular complexity index is 643. The average molecular weight is 343 g/mol. The molecule has 0 aliphatic carbocycles. The summed E-state index contributed by atoms with van der Waals surface area (Å²) in [7, 11) is 1.63. The molecule has 2 atom stereocenters. The van der Waals surface area contributed by atoms with Crippen LogP contribution in [0.3, 0.4) is 0 Å². The molecule has 0 saturated heterocycles. The zero-order chi connectivity index (χ0) is 18.1. The van der Waals surface area contributed by atoms with Gasteiger partial charge in [-0.1, -0.05) is 30.3 Å². The molecule has 134 valence electrons. The minimum atomic E-state index is -0.741. The first-order valence-electron chi connectivity index (χ1n) is 8.43. The van der Waals surface area contributed by atoms with Gasteiger partial charge in [-0.25, -0.2) is 4.79 Å². The third-order valence-electron chi connectivity index (χ3n) is 3.74. The van der Waals surface area contributed by atoms with Crippen molar-refractivity contribution in [3.63, 3.8) is 0 Å². The van der Waals surface area contributed by atoms with Crippen molar-refractivity contribution in [3.05, 3.63) is 60.2 Å². The monoisotopic (exact) mass is 343 g/mol. The molecule has 1 N–H and O–H groups in total. The first-order valence-corrected chi connectivity index (χ1v) is 8.43. The van der Waals surface area contributed by atoms with Crippen LogP contribution in [0.2, 0.25) is 0 Å². The van der Waals surface area contributed by atoms with Gasteiger partial charge in [0.2, 0.25) is 0 Å². The highest BCUT2D eigenvalue weighted by Gasteiger charge is 2.31. The highest BCUT2D eigenvalue weighted by molar-refractivity contribution is 5.77. The number of nitrogens with one attached hydrogen (secondary N) is 1. The summed E-state index contributed by atoms with van der Waals surface area (Å²) in [6, 6.07) is 16.9. The molecule has 0 spiro atoms. The van der Waals surface area contributed by atoms with Crippen molar-refractivity contribution in [2.75, 3.05) is 25.6 Å². The van der Waals surface area contributed by atoms with Crippen LogP contribution >= 0.6 is 0 Å². The van der Waals surface area contributed by atoms with Crippen molar-refractivity contribution in [2.24, 2.45) is 0 Å². The second-order valence-corrected chi connectivity index (χ2v) is 5.39. The Labute approximate surface area is 148 Å². The molecule has 0 heterocycles. The van der Waals surface area contributed by atoms with Crippen LogP contribution in [0.4, 0.5) is 5.69 Å². The fourth-order valence-electron chi connectivity index (χ4n) is 2.57. The summed E-state index contributed by atoms with van der Waals surface area (Å²) in [5.41, 5.74) is 1.81. The van der Waals surface area contributed by atoms with Gasteiger partial charge in [0.25, 0.3) is 0 Å². The maximum atomic E-state index is 12.4. The lowest BCUT2D eigenvalue weighted by Gasteiger charge is -2.27. The van der Waals surface area contributed by atoms with E-state index in [1.807, 2.05) is 61.5 Å². The van der Waals surface area contributed by atoms with E-state index in [0.717, 1.165) is 17.0 Å². The van der Waals surface area contributed by atoms with Gasteiger partial charge in [-0.15, -0.1) is 0 Å². The van der Waals surface area contributed by atoms with Crippen LogP contribution in [0.1, 0.15) is 25.5 Å². The van der Waals surface area contributed by atoms with E-state index in [9.17, 15) is 4.79 Å². The number of benzene rings is 2. The molecule has 0 aliphatic rings. The van der Waals surface area contributed by atoms with Crippen LogP contribution in [0, 0.1) is 0 Å². The summed E-state index contributed by atoms with van der Waals surface area (Å²) in [4.78, 5) is 12.4. The van der Waals surface area contributed by atoms with E-state index in [2.05, 4.69) is 5.32 Å². The molecule has 0 aromatic heterocycles. The summed E-state index contributed by atoms with van der Waals surface area (Å²) in [5, 5.41) is 3.39. The Kier molecular flexibility index (Phi) is 7.29. The van der Waals surface area contributed by atoms with Crippen molar-refractivity contribution >= 4 is 11.7 Å². The van der Waals surface area contributed by atoms with E-state index in [1.165, 1.54) is 0 Å². The fraction of sp³-hybridized carbons (Fsp3) is 0.350. The molecule has 2 unspecified atom stereocenters. The minimum absolute atomic E-state index is 0.312. The summed E-state index contributed by atoms with van der Waals surface area (Å²) >= 11 is 0. The summed E-state index contributed by atoms with van der Waals surface area (Å²) in [6.07, 6.45) is -0.741. The quantitative estimate of drug-likeness (QED) is 0.702. The Morgan fingerprint density at radius 1 is 1.00 bits per heavy atom. The second-order valence-electron chi connectivity index (χ2n) is 5.39. The third-order valence-corrected chi connectivity index (χ3v) is 3.74. The van der Waals surface area contributed by atoms with Crippen LogP contribution in [0.5, 0.6) is 5.75 Å². The standard InChI is InChI=1S/C20H25NO4/c1-4-24-19(20(22)25-5-2)18(15-9-7-6-8-10-15)21-16-11-13-17(23-3)14-12-16/h6-14,18-19,21H,4-5H2,1-3H3. The number of methoxy groups -OCH3 is 1. The van der Waals surface area contributed by atoms with E-state index in [0.29, 0.717) is 13.2 Å². The van der Waals surface area contributed by atoms with E-state index >= 15 is 0 Å². The predicted octanol–water partition coefficient (Wildman–Crippen LogP) is 3.82. The largest absolute Gasteiger partial charge is 0.497 e. The lowest BCUT2D eigenvalue weighted by molar-refractivity contribution is -0.157. The number of anilines is 1. The van der Waals surface area contributed by atoms with Gasteiger partial charge in [-0.05, 0) is 43.7 Å². The van der Waals surface area contributed by atoms with Crippen LogP contribution in [0.25, 0.3) is 0 Å². The summed E-state index contributed by atoms with van der Waals surface area (Å²) in [6.45, 7) is 4.38. The molecule has 0 saturated carbocycles. The van der Waals surface area contributed by atoms with E-state index in [4.69, 9.17) is 14.2 Å². The molecule has 0 aliphatic heterocycles. The van der Waals surface area contributed by atoms with Crippen LogP contribution in [-0.2, 0) is 14.3 Å². The summed E-state index contributed by atoms with van der Waals surface area (Å²) in [5.74, 6) is 0.396. The number of ether oxygens (including phenoxy) is 3. The number of hydrogen-bond donors (Lipinski definition) is 1. The Hall–Kier alpha value is -2.53. The molecule has 2 aromatic rings. The van der Waals surface area contributed by atoms with Crippen molar-refractivity contribution in [2.45, 2.75) is 26.0 Å². The van der Waals surface area contributed by atoms with Gasteiger partial charge in [0.05, 0.1) is 19.8 Å². The predicted molar refractivity (Wildman–Crippen MR) is 97.8 cm³/mol. The average Bonchev–Trinajstić information content (AvgIpc) is 2.66. The van der Waals surface area contributed by atoms with E-state index in [-0.39, 0.29) is 12.0 Å². The smallest absolute Gasteiger partial charge is 0.337 e.